The van der Waals surface area contributed by atoms with Crippen LogP contribution in [0.1, 0.15) is 10.4 Å². The highest BCUT2D eigenvalue weighted by Crippen LogP contribution is 2.37. The van der Waals surface area contributed by atoms with Gasteiger partial charge < -0.3 is 16.8 Å². The molecule has 0 aliphatic carbocycles. The first kappa shape index (κ1) is 15.0. The lowest BCUT2D eigenvalue weighted by molar-refractivity contribution is 0.100. The minimum Gasteiger partial charge on any atom is -0.399 e. The van der Waals surface area contributed by atoms with Gasteiger partial charge in [0.05, 0.1) is 27.0 Å². The van der Waals surface area contributed by atoms with Crippen LogP contribution in [0.2, 0.25) is 10.0 Å². The van der Waals surface area contributed by atoms with Gasteiger partial charge in [0.2, 0.25) is 0 Å². The molecule has 0 fully saturated rings. The van der Waals surface area contributed by atoms with Gasteiger partial charge in [0.1, 0.15) is 0 Å². The zero-order valence-electron chi connectivity index (χ0n) is 10.1. The second kappa shape index (κ2) is 5.91. The van der Waals surface area contributed by atoms with E-state index in [1.807, 2.05) is 0 Å². The molecule has 0 radical (unpaired) electrons. The van der Waals surface area contributed by atoms with Gasteiger partial charge in [-0.15, -0.1) is 0 Å². The summed E-state index contributed by atoms with van der Waals surface area (Å²) in [6, 6.07) is 8.29. The molecule has 0 unspecified atom stereocenters. The van der Waals surface area contributed by atoms with Crippen molar-refractivity contribution in [2.24, 2.45) is 5.73 Å². The third kappa shape index (κ3) is 3.00. The summed E-state index contributed by atoms with van der Waals surface area (Å²) in [5.41, 5.74) is 12.8. The first-order valence-electron chi connectivity index (χ1n) is 5.50. The number of nitrogens with two attached hydrogens (primary N) is 2. The van der Waals surface area contributed by atoms with Crippen LogP contribution in [-0.4, -0.2) is 5.91 Å². The van der Waals surface area contributed by atoms with Crippen molar-refractivity contribution < 1.29 is 4.79 Å². The number of halogens is 3. The van der Waals surface area contributed by atoms with Crippen LogP contribution >= 0.6 is 39.1 Å². The molecule has 2 rings (SSSR count). The summed E-state index contributed by atoms with van der Waals surface area (Å²) in [5, 5.41) is 3.75. The van der Waals surface area contributed by atoms with Crippen LogP contribution in [0.5, 0.6) is 0 Å². The Kier molecular flexibility index (Phi) is 4.42. The summed E-state index contributed by atoms with van der Waals surface area (Å²) in [6.07, 6.45) is 0. The van der Waals surface area contributed by atoms with Crippen LogP contribution in [0, 0.1) is 0 Å². The summed E-state index contributed by atoms with van der Waals surface area (Å²) in [6.45, 7) is 0. The Morgan fingerprint density at radius 3 is 2.40 bits per heavy atom. The van der Waals surface area contributed by atoms with Crippen molar-refractivity contribution in [1.82, 2.24) is 0 Å². The third-order valence-corrected chi connectivity index (χ3v) is 4.38. The third-order valence-electron chi connectivity index (χ3n) is 2.61. The zero-order valence-corrected chi connectivity index (χ0v) is 13.2. The first-order valence-corrected chi connectivity index (χ1v) is 7.05. The number of primary amides is 1. The van der Waals surface area contributed by atoms with E-state index in [9.17, 15) is 4.79 Å². The Morgan fingerprint density at radius 2 is 1.75 bits per heavy atom. The van der Waals surface area contributed by atoms with Crippen LogP contribution in [0.3, 0.4) is 0 Å². The number of hydrogen-bond acceptors (Lipinski definition) is 3. The maximum atomic E-state index is 11.4. The minimum absolute atomic E-state index is 0.278. The van der Waals surface area contributed by atoms with E-state index >= 15 is 0 Å². The van der Waals surface area contributed by atoms with E-state index in [-0.39, 0.29) is 5.56 Å². The molecule has 2 aromatic rings. The fourth-order valence-electron chi connectivity index (χ4n) is 1.64. The summed E-state index contributed by atoms with van der Waals surface area (Å²) in [5.74, 6) is -0.584. The molecule has 0 aromatic heterocycles. The average Bonchev–Trinajstić information content (AvgIpc) is 2.41. The molecule has 0 saturated carbocycles. The molecule has 0 saturated heterocycles. The second-order valence-corrected chi connectivity index (χ2v) is 5.63. The van der Waals surface area contributed by atoms with Crippen molar-refractivity contribution in [2.45, 2.75) is 0 Å². The predicted molar refractivity (Wildman–Crippen MR) is 86.8 cm³/mol. The molecule has 104 valence electrons. The molecule has 5 N–H and O–H groups in total. The van der Waals surface area contributed by atoms with Gasteiger partial charge in [-0.05, 0) is 46.3 Å². The van der Waals surface area contributed by atoms with Gasteiger partial charge in [-0.1, -0.05) is 23.2 Å². The molecule has 4 nitrogen and oxygen atoms in total. The smallest absolute Gasteiger partial charge is 0.250 e. The van der Waals surface area contributed by atoms with Crippen LogP contribution in [-0.2, 0) is 0 Å². The normalized spacial score (nSPS) is 10.3. The molecule has 0 bridgehead atoms. The summed E-state index contributed by atoms with van der Waals surface area (Å²) < 4.78 is 0.683. The molecule has 0 heterocycles. The molecule has 0 spiro atoms. The lowest BCUT2D eigenvalue weighted by atomic mass is 10.1. The molecule has 2 aromatic carbocycles. The molecular weight excluding hydrogens is 365 g/mol. The number of hydrogen-bond donors (Lipinski definition) is 3. The van der Waals surface area contributed by atoms with Crippen molar-refractivity contribution in [3.8, 4) is 0 Å². The number of rotatable bonds is 3. The summed E-state index contributed by atoms with van der Waals surface area (Å²) in [4.78, 5) is 11.4. The molecule has 1 amide bonds. The van der Waals surface area contributed by atoms with Gasteiger partial charge in [-0.25, -0.2) is 0 Å². The molecule has 7 heteroatoms. The standard InChI is InChI=1S/C13H10BrCl2N3O/c14-8-2-4-10(12(16)11(8)15)19-9-3-1-6(17)5-7(9)13(18)20/h1-5,19H,17H2,(H2,18,20). The Morgan fingerprint density at radius 1 is 1.10 bits per heavy atom. The van der Waals surface area contributed by atoms with Gasteiger partial charge in [-0.2, -0.15) is 0 Å². The second-order valence-electron chi connectivity index (χ2n) is 4.02. The van der Waals surface area contributed by atoms with Crippen LogP contribution < -0.4 is 16.8 Å². The highest BCUT2D eigenvalue weighted by molar-refractivity contribution is 9.10. The summed E-state index contributed by atoms with van der Waals surface area (Å²) in [7, 11) is 0. The van der Waals surface area contributed by atoms with Gasteiger partial charge in [-0.3, -0.25) is 4.79 Å². The Hall–Kier alpha value is -1.43. The van der Waals surface area contributed by atoms with Crippen LogP contribution in [0.25, 0.3) is 0 Å². The van der Waals surface area contributed by atoms with Gasteiger partial charge in [0.15, 0.2) is 0 Å². The van der Waals surface area contributed by atoms with Crippen molar-refractivity contribution in [3.63, 3.8) is 0 Å². The number of nitrogens with one attached hydrogen (secondary N) is 1. The van der Waals surface area contributed by atoms with Gasteiger partial charge in [0.25, 0.3) is 5.91 Å². The first-order chi connectivity index (χ1) is 9.40. The fourth-order valence-corrected chi connectivity index (χ4v) is 2.46. The summed E-state index contributed by atoms with van der Waals surface area (Å²) >= 11 is 15.5. The Balaban J connectivity index is 2.45. The van der Waals surface area contributed by atoms with E-state index in [4.69, 9.17) is 34.7 Å². The van der Waals surface area contributed by atoms with Gasteiger partial charge >= 0.3 is 0 Å². The maximum absolute atomic E-state index is 11.4. The van der Waals surface area contributed by atoms with Crippen LogP contribution in [0.4, 0.5) is 17.1 Å². The lowest BCUT2D eigenvalue weighted by Crippen LogP contribution is -2.13. The lowest BCUT2D eigenvalue weighted by Gasteiger charge is -2.13. The number of carbonyl (C=O) groups is 1. The predicted octanol–water partition coefficient (Wildman–Crippen LogP) is 4.18. The van der Waals surface area contributed by atoms with E-state index in [0.29, 0.717) is 31.6 Å². The average molecular weight is 375 g/mol. The van der Waals surface area contributed by atoms with Gasteiger partial charge in [0, 0.05) is 10.2 Å². The molecular formula is C13H10BrCl2N3O. The monoisotopic (exact) mass is 373 g/mol. The highest BCUT2D eigenvalue weighted by atomic mass is 79.9. The van der Waals surface area contributed by atoms with Crippen molar-refractivity contribution in [2.75, 3.05) is 11.1 Å². The van der Waals surface area contributed by atoms with E-state index in [1.54, 1.807) is 24.3 Å². The Labute approximate surface area is 134 Å². The van der Waals surface area contributed by atoms with E-state index in [2.05, 4.69) is 21.2 Å². The van der Waals surface area contributed by atoms with E-state index < -0.39 is 5.91 Å². The molecule has 0 atom stereocenters. The number of nitrogen functional groups attached to an aromatic ring is 1. The fraction of sp³-hybridized carbons (Fsp3) is 0. The number of anilines is 3. The highest BCUT2D eigenvalue weighted by Gasteiger charge is 2.13. The zero-order chi connectivity index (χ0) is 14.9. The molecule has 0 aliphatic heterocycles. The van der Waals surface area contributed by atoms with Crippen LogP contribution in [0.15, 0.2) is 34.8 Å². The number of benzene rings is 2. The van der Waals surface area contributed by atoms with Crippen molar-refractivity contribution in [3.05, 3.63) is 50.4 Å². The SMILES string of the molecule is NC(=O)c1cc(N)ccc1Nc1ccc(Br)c(Cl)c1Cl. The largest absolute Gasteiger partial charge is 0.399 e. The van der Waals surface area contributed by atoms with E-state index in [1.165, 1.54) is 6.07 Å². The Bertz CT molecular complexity index is 692. The topological polar surface area (TPSA) is 81.1 Å². The van der Waals surface area contributed by atoms with E-state index in [0.717, 1.165) is 0 Å². The van der Waals surface area contributed by atoms with Crippen molar-refractivity contribution >= 4 is 62.1 Å². The molecule has 20 heavy (non-hydrogen) atoms. The number of amides is 1. The maximum Gasteiger partial charge on any atom is 0.250 e. The minimum atomic E-state index is -0.584. The van der Waals surface area contributed by atoms with Crippen molar-refractivity contribution in [1.29, 1.82) is 0 Å². The number of carbonyl (C=O) groups excluding carboxylic acids is 1. The quantitative estimate of drug-likeness (QED) is 0.556. The molecule has 0 aliphatic rings.